The van der Waals surface area contributed by atoms with Crippen LogP contribution in [0.3, 0.4) is 0 Å². The molecule has 2 heterocycles. The summed E-state index contributed by atoms with van der Waals surface area (Å²) in [6.07, 6.45) is 1.74. The highest BCUT2D eigenvalue weighted by molar-refractivity contribution is 7.39. The van der Waals surface area contributed by atoms with E-state index in [1.54, 1.807) is 0 Å². The minimum atomic E-state index is -1.44. The van der Waals surface area contributed by atoms with Crippen LogP contribution in [-0.4, -0.2) is 25.7 Å². The smallest absolute Gasteiger partial charge is 0.310 e. The summed E-state index contributed by atoms with van der Waals surface area (Å²) in [5, 5.41) is 6.73. The van der Waals surface area contributed by atoms with Crippen molar-refractivity contribution in [2.75, 3.05) is 24.4 Å². The number of carbonyl (C=O) groups excluding carboxylic acids is 1. The third-order valence-electron chi connectivity index (χ3n) is 6.64. The van der Waals surface area contributed by atoms with Crippen LogP contribution in [0.4, 0.5) is 0 Å². The van der Waals surface area contributed by atoms with E-state index in [1.807, 2.05) is 6.92 Å². The summed E-state index contributed by atoms with van der Waals surface area (Å²) < 4.78 is 20.8. The molecule has 0 saturated carbocycles. The Morgan fingerprint density at radius 1 is 0.912 bits per heavy atom. The zero-order valence-corrected chi connectivity index (χ0v) is 20.0. The molecule has 0 spiro atoms. The topological polar surface area (TPSA) is 55.8 Å². The minimum Gasteiger partial charge on any atom is -0.466 e. The lowest BCUT2D eigenvalue weighted by molar-refractivity contribution is -0.148. The molecule has 4 aromatic carbocycles. The molecular weight excluding hydrogens is 445 g/mol. The van der Waals surface area contributed by atoms with Crippen LogP contribution in [0.1, 0.15) is 19.8 Å². The SMILES string of the molecule is CCOC(=O)C1CCCN(p2oc3ccc4ccccc4c3c3c(ccc4ccccc43)o2)C1. The number of nitrogens with zero attached hydrogens (tertiary/aromatic N) is 1. The summed E-state index contributed by atoms with van der Waals surface area (Å²) in [6, 6.07) is 25.1. The maximum absolute atomic E-state index is 12.5. The molecule has 0 N–H and O–H groups in total. The van der Waals surface area contributed by atoms with Gasteiger partial charge >= 0.3 is 14.1 Å². The third kappa shape index (κ3) is 3.66. The fourth-order valence-electron chi connectivity index (χ4n) is 5.03. The minimum absolute atomic E-state index is 0.130. The molecule has 0 aliphatic carbocycles. The molecule has 0 radical (unpaired) electrons. The summed E-state index contributed by atoms with van der Waals surface area (Å²) in [5.74, 6) is -0.284. The van der Waals surface area contributed by atoms with E-state index in [9.17, 15) is 4.79 Å². The summed E-state index contributed by atoms with van der Waals surface area (Å²) in [7, 11) is -1.44. The average molecular weight is 471 g/mol. The fourth-order valence-corrected chi connectivity index (χ4v) is 6.58. The Balaban J connectivity index is 1.64. The van der Waals surface area contributed by atoms with E-state index in [0.29, 0.717) is 13.2 Å². The number of hydrogen-bond acceptors (Lipinski definition) is 5. The molecular formula is C28H26NO4P. The van der Waals surface area contributed by atoms with E-state index in [4.69, 9.17) is 13.1 Å². The second-order valence-electron chi connectivity index (χ2n) is 8.74. The number of carbonyl (C=O) groups is 1. The Labute approximate surface area is 198 Å². The van der Waals surface area contributed by atoms with Gasteiger partial charge in [0.15, 0.2) is 0 Å². The van der Waals surface area contributed by atoms with Gasteiger partial charge in [0.1, 0.15) is 11.2 Å². The number of benzene rings is 4. The molecule has 1 atom stereocenters. The summed E-state index contributed by atoms with van der Waals surface area (Å²) in [4.78, 5) is 12.5. The van der Waals surface area contributed by atoms with Crippen molar-refractivity contribution < 1.29 is 17.9 Å². The maximum atomic E-state index is 12.5. The van der Waals surface area contributed by atoms with Gasteiger partial charge in [0.25, 0.3) is 0 Å². The fraction of sp³-hybridized carbons (Fsp3) is 0.250. The quantitative estimate of drug-likeness (QED) is 0.255. The lowest BCUT2D eigenvalue weighted by Crippen LogP contribution is -2.37. The molecule has 6 rings (SSSR count). The van der Waals surface area contributed by atoms with Crippen molar-refractivity contribution in [1.29, 1.82) is 0 Å². The van der Waals surface area contributed by atoms with Gasteiger partial charge in [0, 0.05) is 23.9 Å². The highest BCUT2D eigenvalue weighted by Gasteiger charge is 2.30. The molecule has 1 unspecified atom stereocenters. The first kappa shape index (κ1) is 21.3. The van der Waals surface area contributed by atoms with E-state index in [1.165, 1.54) is 0 Å². The predicted molar refractivity (Wildman–Crippen MR) is 139 cm³/mol. The predicted octanol–water partition coefficient (Wildman–Crippen LogP) is 7.51. The molecule has 1 aliphatic heterocycles. The second kappa shape index (κ2) is 8.83. The zero-order chi connectivity index (χ0) is 23.1. The van der Waals surface area contributed by atoms with Crippen LogP contribution in [0.2, 0.25) is 0 Å². The van der Waals surface area contributed by atoms with Crippen LogP contribution in [0, 0.1) is 5.92 Å². The summed E-state index contributed by atoms with van der Waals surface area (Å²) >= 11 is 0. The van der Waals surface area contributed by atoms with Crippen molar-refractivity contribution in [3.63, 3.8) is 0 Å². The Hall–Kier alpha value is -3.27. The largest absolute Gasteiger partial charge is 0.466 e. The highest BCUT2D eigenvalue weighted by Crippen LogP contribution is 2.42. The molecule has 1 aromatic heterocycles. The van der Waals surface area contributed by atoms with Crippen molar-refractivity contribution in [2.45, 2.75) is 19.8 Å². The van der Waals surface area contributed by atoms with Crippen molar-refractivity contribution in [3.8, 4) is 0 Å². The monoisotopic (exact) mass is 471 g/mol. The van der Waals surface area contributed by atoms with Crippen LogP contribution in [0.25, 0.3) is 43.5 Å². The Bertz CT molecular complexity index is 1480. The number of piperidine rings is 1. The first-order valence-electron chi connectivity index (χ1n) is 11.8. The lowest BCUT2D eigenvalue weighted by atomic mass is 9.99. The molecule has 172 valence electrons. The van der Waals surface area contributed by atoms with Gasteiger partial charge in [-0.3, -0.25) is 4.79 Å². The van der Waals surface area contributed by atoms with Gasteiger partial charge < -0.3 is 13.1 Å². The van der Waals surface area contributed by atoms with Gasteiger partial charge in [-0.15, -0.1) is 0 Å². The third-order valence-corrected chi connectivity index (χ3v) is 8.17. The lowest BCUT2D eigenvalue weighted by Gasteiger charge is -2.28. The average Bonchev–Trinajstić information content (AvgIpc) is 3.06. The van der Waals surface area contributed by atoms with Gasteiger partial charge in [0.05, 0.1) is 12.5 Å². The van der Waals surface area contributed by atoms with Crippen LogP contribution >= 0.6 is 8.16 Å². The van der Waals surface area contributed by atoms with Gasteiger partial charge in [0.2, 0.25) is 0 Å². The molecule has 0 bridgehead atoms. The van der Waals surface area contributed by atoms with Crippen molar-refractivity contribution in [1.82, 2.24) is 0 Å². The number of ether oxygens (including phenoxy) is 1. The van der Waals surface area contributed by atoms with E-state index >= 15 is 0 Å². The number of rotatable bonds is 3. The molecule has 5 aromatic rings. The number of hydrogen-bond donors (Lipinski definition) is 0. The molecule has 1 fully saturated rings. The number of fused-ring (bicyclic) bond motifs is 7. The zero-order valence-electron chi connectivity index (χ0n) is 19.1. The first-order valence-corrected chi connectivity index (χ1v) is 13.0. The van der Waals surface area contributed by atoms with Crippen LogP contribution in [0.5, 0.6) is 0 Å². The van der Waals surface area contributed by atoms with Crippen molar-refractivity contribution >= 4 is 57.6 Å². The summed E-state index contributed by atoms with van der Waals surface area (Å²) in [5.41, 5.74) is 1.64. The second-order valence-corrected chi connectivity index (χ2v) is 10.2. The highest BCUT2D eigenvalue weighted by atomic mass is 31.1. The summed E-state index contributed by atoms with van der Waals surface area (Å²) in [6.45, 7) is 3.66. The first-order chi connectivity index (χ1) is 16.7. The molecule has 1 saturated heterocycles. The molecule has 34 heavy (non-hydrogen) atoms. The van der Waals surface area contributed by atoms with E-state index in [-0.39, 0.29) is 11.9 Å². The van der Waals surface area contributed by atoms with Gasteiger partial charge in [-0.2, -0.15) is 0 Å². The van der Waals surface area contributed by atoms with Crippen LogP contribution in [-0.2, 0) is 9.53 Å². The van der Waals surface area contributed by atoms with Crippen molar-refractivity contribution in [2.24, 2.45) is 5.92 Å². The van der Waals surface area contributed by atoms with Crippen LogP contribution < -0.4 is 4.67 Å². The van der Waals surface area contributed by atoms with E-state index in [0.717, 1.165) is 62.9 Å². The molecule has 5 nitrogen and oxygen atoms in total. The van der Waals surface area contributed by atoms with Gasteiger partial charge in [-0.25, -0.2) is 4.67 Å². The van der Waals surface area contributed by atoms with Crippen LogP contribution in [0.15, 0.2) is 81.2 Å². The standard InChI is InChI=1S/C28H26NO4P/c1-2-31-28(30)21-10-7-17-29(18-21)34-32-24-15-13-19-8-3-5-11-22(19)26(24)27-23-12-6-4-9-20(23)14-16-25(27)33-34/h3-6,8-9,11-16,21H,2,7,10,17-18H2,1H3. The van der Waals surface area contributed by atoms with Gasteiger partial charge in [-0.1, -0.05) is 60.7 Å². The van der Waals surface area contributed by atoms with Crippen molar-refractivity contribution in [3.05, 3.63) is 72.8 Å². The molecule has 1 aliphatic rings. The maximum Gasteiger partial charge on any atom is 0.310 e. The van der Waals surface area contributed by atoms with E-state index in [2.05, 4.69) is 77.5 Å². The molecule has 0 amide bonds. The van der Waals surface area contributed by atoms with Gasteiger partial charge in [-0.05, 0) is 53.4 Å². The normalized spacial score (nSPS) is 16.9. The van der Waals surface area contributed by atoms with E-state index < -0.39 is 8.16 Å². The Morgan fingerprint density at radius 2 is 1.50 bits per heavy atom. The molecule has 6 heteroatoms. The Kier molecular flexibility index (Phi) is 5.52. The number of esters is 1. The Morgan fingerprint density at radius 3 is 2.09 bits per heavy atom.